The monoisotopic (exact) mass is 162 g/mol. The van der Waals surface area contributed by atoms with Crippen LogP contribution >= 0.6 is 0 Å². The molecule has 0 saturated heterocycles. The number of ether oxygens (including phenoxy) is 2. The summed E-state index contributed by atoms with van der Waals surface area (Å²) in [5, 5.41) is 0. The second kappa shape index (κ2) is 2.99. The van der Waals surface area contributed by atoms with E-state index < -0.39 is 0 Å². The molecule has 0 radical (unpaired) electrons. The van der Waals surface area contributed by atoms with Gasteiger partial charge in [-0.25, -0.2) is 0 Å². The summed E-state index contributed by atoms with van der Waals surface area (Å²) in [5.41, 5.74) is 1.10. The molecule has 0 bridgehead atoms. The van der Waals surface area contributed by atoms with E-state index in [1.54, 1.807) is 7.11 Å². The number of hydrogen-bond donors (Lipinski definition) is 0. The van der Waals surface area contributed by atoms with E-state index in [1.165, 1.54) is 0 Å². The fraction of sp³-hybridized carbons (Fsp3) is 0.200. The van der Waals surface area contributed by atoms with E-state index in [0.717, 1.165) is 11.3 Å². The first kappa shape index (κ1) is 7.37. The summed E-state index contributed by atoms with van der Waals surface area (Å²) in [5.74, 6) is 0.881. The van der Waals surface area contributed by atoms with Crippen molar-refractivity contribution in [1.82, 2.24) is 0 Å². The van der Waals surface area contributed by atoms with Gasteiger partial charge in [-0.15, -0.1) is 0 Å². The number of para-hydroxylation sites is 1. The van der Waals surface area contributed by atoms with Crippen LogP contribution in [-0.4, -0.2) is 13.4 Å². The molecule has 0 N–H and O–H groups in total. The van der Waals surface area contributed by atoms with E-state index in [9.17, 15) is 0 Å². The quantitative estimate of drug-likeness (QED) is 0.629. The van der Waals surface area contributed by atoms with Crippen LogP contribution in [0, 0.1) is 0 Å². The normalized spacial score (nSPS) is 19.9. The van der Waals surface area contributed by atoms with Crippen molar-refractivity contribution in [2.75, 3.05) is 7.11 Å². The molecule has 1 atom stereocenters. The molecule has 1 aliphatic heterocycles. The topological polar surface area (TPSA) is 18.5 Å². The highest BCUT2D eigenvalue weighted by Crippen LogP contribution is 2.25. The molecule has 1 aromatic rings. The lowest BCUT2D eigenvalue weighted by Crippen LogP contribution is -2.18. The Morgan fingerprint density at radius 1 is 1.33 bits per heavy atom. The van der Waals surface area contributed by atoms with Crippen molar-refractivity contribution < 1.29 is 9.47 Å². The molecule has 1 aromatic carbocycles. The summed E-state index contributed by atoms with van der Waals surface area (Å²) in [6.45, 7) is 0. The van der Waals surface area contributed by atoms with Crippen molar-refractivity contribution in [1.29, 1.82) is 0 Å². The molecule has 0 aliphatic carbocycles. The zero-order valence-electron chi connectivity index (χ0n) is 6.86. The predicted octanol–water partition coefficient (Wildman–Crippen LogP) is 2.06. The summed E-state index contributed by atoms with van der Waals surface area (Å²) < 4.78 is 10.5. The van der Waals surface area contributed by atoms with Crippen molar-refractivity contribution >= 4 is 6.08 Å². The predicted molar refractivity (Wildman–Crippen MR) is 46.9 cm³/mol. The smallest absolute Gasteiger partial charge is 0.219 e. The number of methoxy groups -OCH3 is 1. The molecule has 2 heteroatoms. The lowest BCUT2D eigenvalue weighted by atomic mass is 10.1. The number of hydrogen-bond acceptors (Lipinski definition) is 2. The second-order valence-corrected chi connectivity index (χ2v) is 2.62. The summed E-state index contributed by atoms with van der Waals surface area (Å²) in [7, 11) is 1.63. The maximum absolute atomic E-state index is 5.47. The van der Waals surface area contributed by atoms with E-state index in [4.69, 9.17) is 9.47 Å². The van der Waals surface area contributed by atoms with Gasteiger partial charge in [0.25, 0.3) is 0 Å². The maximum atomic E-state index is 5.47. The molecule has 2 rings (SSSR count). The SMILES string of the molecule is COC1C=Cc2ccccc2O1. The van der Waals surface area contributed by atoms with Crippen LogP contribution in [0.1, 0.15) is 5.56 Å². The first-order valence-corrected chi connectivity index (χ1v) is 3.87. The van der Waals surface area contributed by atoms with Crippen LogP contribution in [0.3, 0.4) is 0 Å². The van der Waals surface area contributed by atoms with Crippen LogP contribution in [0.25, 0.3) is 6.08 Å². The highest BCUT2D eigenvalue weighted by molar-refractivity contribution is 5.59. The van der Waals surface area contributed by atoms with Crippen LogP contribution in [0.2, 0.25) is 0 Å². The Morgan fingerprint density at radius 3 is 3.00 bits per heavy atom. The molecule has 62 valence electrons. The third-order valence-electron chi connectivity index (χ3n) is 1.83. The van der Waals surface area contributed by atoms with E-state index in [1.807, 2.05) is 36.4 Å². The molecule has 0 spiro atoms. The van der Waals surface area contributed by atoms with E-state index in [-0.39, 0.29) is 6.29 Å². The van der Waals surface area contributed by atoms with Gasteiger partial charge in [0.15, 0.2) is 0 Å². The van der Waals surface area contributed by atoms with E-state index in [2.05, 4.69) is 0 Å². The van der Waals surface area contributed by atoms with Gasteiger partial charge in [0.2, 0.25) is 6.29 Å². The molecule has 0 amide bonds. The summed E-state index contributed by atoms with van der Waals surface area (Å²) in [6, 6.07) is 7.88. The van der Waals surface area contributed by atoms with Gasteiger partial charge in [0, 0.05) is 12.7 Å². The highest BCUT2D eigenvalue weighted by atomic mass is 16.7. The molecule has 0 saturated carbocycles. The van der Waals surface area contributed by atoms with Gasteiger partial charge < -0.3 is 9.47 Å². The lowest BCUT2D eigenvalue weighted by Gasteiger charge is -2.19. The van der Waals surface area contributed by atoms with Crippen LogP contribution < -0.4 is 4.74 Å². The van der Waals surface area contributed by atoms with E-state index in [0.29, 0.717) is 0 Å². The zero-order chi connectivity index (χ0) is 8.39. The maximum Gasteiger partial charge on any atom is 0.219 e. The Kier molecular flexibility index (Phi) is 1.84. The van der Waals surface area contributed by atoms with Crippen molar-refractivity contribution in [3.8, 4) is 5.75 Å². The van der Waals surface area contributed by atoms with Crippen molar-refractivity contribution in [2.45, 2.75) is 6.29 Å². The summed E-state index contributed by atoms with van der Waals surface area (Å²) in [4.78, 5) is 0. The van der Waals surface area contributed by atoms with Gasteiger partial charge in [0.05, 0.1) is 0 Å². The number of fused-ring (bicyclic) bond motifs is 1. The van der Waals surface area contributed by atoms with Gasteiger partial charge in [-0.3, -0.25) is 0 Å². The fourth-order valence-electron chi connectivity index (χ4n) is 1.20. The first-order valence-electron chi connectivity index (χ1n) is 3.87. The first-order chi connectivity index (χ1) is 5.90. The number of benzene rings is 1. The van der Waals surface area contributed by atoms with E-state index >= 15 is 0 Å². The molecule has 0 fully saturated rings. The lowest BCUT2D eigenvalue weighted by molar-refractivity contribution is -0.0170. The molecular formula is C10H10O2. The Balaban J connectivity index is 2.33. The Morgan fingerprint density at radius 2 is 2.17 bits per heavy atom. The third-order valence-corrected chi connectivity index (χ3v) is 1.83. The summed E-state index contributed by atoms with van der Waals surface area (Å²) >= 11 is 0. The molecule has 12 heavy (non-hydrogen) atoms. The summed E-state index contributed by atoms with van der Waals surface area (Å²) in [6.07, 6.45) is 3.66. The largest absolute Gasteiger partial charge is 0.461 e. The Bertz CT molecular complexity index is 304. The van der Waals surface area contributed by atoms with Crippen LogP contribution in [-0.2, 0) is 4.74 Å². The average molecular weight is 162 g/mol. The minimum absolute atomic E-state index is 0.236. The highest BCUT2D eigenvalue weighted by Gasteiger charge is 2.11. The zero-order valence-corrected chi connectivity index (χ0v) is 6.86. The molecule has 0 aromatic heterocycles. The fourth-order valence-corrected chi connectivity index (χ4v) is 1.20. The Hall–Kier alpha value is -1.28. The van der Waals surface area contributed by atoms with Gasteiger partial charge in [0.1, 0.15) is 5.75 Å². The Labute approximate surface area is 71.4 Å². The molecule has 1 unspecified atom stereocenters. The minimum Gasteiger partial charge on any atom is -0.461 e. The van der Waals surface area contributed by atoms with Gasteiger partial charge >= 0.3 is 0 Å². The van der Waals surface area contributed by atoms with Gasteiger partial charge in [-0.1, -0.05) is 18.2 Å². The molecule has 1 heterocycles. The second-order valence-electron chi connectivity index (χ2n) is 2.62. The van der Waals surface area contributed by atoms with Crippen LogP contribution in [0.5, 0.6) is 5.75 Å². The van der Waals surface area contributed by atoms with Gasteiger partial charge in [-0.2, -0.15) is 0 Å². The van der Waals surface area contributed by atoms with Crippen molar-refractivity contribution in [3.63, 3.8) is 0 Å². The van der Waals surface area contributed by atoms with Crippen LogP contribution in [0.4, 0.5) is 0 Å². The van der Waals surface area contributed by atoms with Crippen molar-refractivity contribution in [3.05, 3.63) is 35.9 Å². The third kappa shape index (κ3) is 1.21. The van der Waals surface area contributed by atoms with Crippen LogP contribution in [0.15, 0.2) is 30.3 Å². The standard InChI is InChI=1S/C10H10O2/c1-11-10-7-6-8-4-2-3-5-9(8)12-10/h2-7,10H,1H3. The van der Waals surface area contributed by atoms with Gasteiger partial charge in [-0.05, 0) is 18.2 Å². The molecular weight excluding hydrogens is 152 g/mol. The minimum atomic E-state index is -0.236. The van der Waals surface area contributed by atoms with Crippen molar-refractivity contribution in [2.24, 2.45) is 0 Å². The average Bonchev–Trinajstić information content (AvgIpc) is 2.17. The molecule has 2 nitrogen and oxygen atoms in total. The molecule has 1 aliphatic rings. The number of rotatable bonds is 1.